The van der Waals surface area contributed by atoms with E-state index >= 15 is 0 Å². The van der Waals surface area contributed by atoms with Crippen molar-refractivity contribution in [2.75, 3.05) is 32.0 Å². The molecule has 0 unspecified atom stereocenters. The molecule has 136 valence electrons. The highest BCUT2D eigenvalue weighted by molar-refractivity contribution is 5.89. The molecule has 3 aliphatic heterocycles. The van der Waals surface area contributed by atoms with Gasteiger partial charge in [-0.05, 0) is 62.2 Å². The molecule has 5 rings (SSSR count). The van der Waals surface area contributed by atoms with Crippen LogP contribution in [0.5, 0.6) is 11.5 Å². The van der Waals surface area contributed by atoms with Crippen LogP contribution >= 0.6 is 0 Å². The Hall–Kier alpha value is -2.53. The van der Waals surface area contributed by atoms with Crippen LogP contribution in [0.15, 0.2) is 54.6 Å². The zero-order chi connectivity index (χ0) is 17.9. The molecule has 3 aliphatic rings. The third kappa shape index (κ3) is 3.83. The highest BCUT2D eigenvalue weighted by Crippen LogP contribution is 2.28. The van der Waals surface area contributed by atoms with Crippen LogP contribution in [0.25, 0.3) is 0 Å². The van der Waals surface area contributed by atoms with Crippen molar-refractivity contribution in [3.63, 3.8) is 0 Å². The van der Waals surface area contributed by atoms with E-state index in [9.17, 15) is 4.79 Å². The first-order chi connectivity index (χ1) is 12.7. The van der Waals surface area contributed by atoms with Crippen molar-refractivity contribution in [1.29, 1.82) is 0 Å². The number of nitrogens with one attached hydrogen (secondary N) is 1. The molecule has 5 nitrogen and oxygen atoms in total. The van der Waals surface area contributed by atoms with Crippen molar-refractivity contribution in [3.05, 3.63) is 54.6 Å². The van der Waals surface area contributed by atoms with E-state index in [2.05, 4.69) is 17.3 Å². The van der Waals surface area contributed by atoms with Gasteiger partial charge in [-0.15, -0.1) is 0 Å². The Morgan fingerprint density at radius 1 is 0.962 bits per heavy atom. The molecule has 2 bridgehead atoms. The summed E-state index contributed by atoms with van der Waals surface area (Å²) in [6.45, 7) is 2.91. The molecule has 0 aromatic heterocycles. The summed E-state index contributed by atoms with van der Waals surface area (Å²) in [7, 11) is 2.15. The van der Waals surface area contributed by atoms with Crippen LogP contribution in [-0.2, 0) is 0 Å². The lowest BCUT2D eigenvalue weighted by Gasteiger charge is -2.36. The number of rotatable bonds is 3. The highest BCUT2D eigenvalue weighted by atomic mass is 16.5. The number of hydrogen-bond donors (Lipinski definition) is 1. The van der Waals surface area contributed by atoms with Crippen LogP contribution in [0.4, 0.5) is 10.5 Å². The van der Waals surface area contributed by atoms with Gasteiger partial charge in [-0.1, -0.05) is 18.2 Å². The van der Waals surface area contributed by atoms with E-state index in [-0.39, 0.29) is 6.03 Å². The lowest BCUT2D eigenvalue weighted by atomic mass is 9.95. The standard InChI is InChI=1S/C21H25N3O2/c1-23-13-16-7-10-18(15-23)24(14-16)21(25)22-17-8-11-20(12-9-17)26-19-5-3-2-4-6-19/h2-6,8-9,11-12,16,18H,7,10,13-15H2,1H3,(H,22,25)/t16-,18+/m0/s1. The molecule has 2 amide bonds. The van der Waals surface area contributed by atoms with E-state index in [0.29, 0.717) is 12.0 Å². The molecule has 3 saturated heterocycles. The number of ether oxygens (including phenoxy) is 1. The van der Waals surface area contributed by atoms with Crippen LogP contribution in [0, 0.1) is 5.92 Å². The third-order valence-corrected chi connectivity index (χ3v) is 5.24. The Labute approximate surface area is 154 Å². The molecular formula is C21H25N3O2. The Morgan fingerprint density at radius 2 is 1.69 bits per heavy atom. The van der Waals surface area contributed by atoms with Crippen LogP contribution in [0.1, 0.15) is 12.8 Å². The van der Waals surface area contributed by atoms with Gasteiger partial charge in [0.2, 0.25) is 0 Å². The van der Waals surface area contributed by atoms with Gasteiger partial charge in [-0.25, -0.2) is 4.79 Å². The molecule has 0 spiro atoms. The number of carbonyl (C=O) groups is 1. The molecule has 1 N–H and O–H groups in total. The quantitative estimate of drug-likeness (QED) is 0.908. The number of urea groups is 1. The van der Waals surface area contributed by atoms with E-state index in [0.717, 1.165) is 43.2 Å². The number of amides is 2. The summed E-state index contributed by atoms with van der Waals surface area (Å²) in [5.41, 5.74) is 0.795. The minimum absolute atomic E-state index is 0.00623. The van der Waals surface area contributed by atoms with Gasteiger partial charge in [0, 0.05) is 31.4 Å². The van der Waals surface area contributed by atoms with Gasteiger partial charge in [-0.2, -0.15) is 0 Å². The fraction of sp³-hybridized carbons (Fsp3) is 0.381. The monoisotopic (exact) mass is 351 g/mol. The van der Waals surface area contributed by atoms with Crippen LogP contribution in [0.3, 0.4) is 0 Å². The van der Waals surface area contributed by atoms with Crippen LogP contribution in [0.2, 0.25) is 0 Å². The number of hydrogen-bond acceptors (Lipinski definition) is 3. The van der Waals surface area contributed by atoms with Gasteiger partial charge in [0.15, 0.2) is 0 Å². The molecule has 2 aromatic carbocycles. The average Bonchev–Trinajstić information content (AvgIpc) is 2.93. The number of piperidine rings is 1. The maximum absolute atomic E-state index is 12.8. The second-order valence-electron chi connectivity index (χ2n) is 7.34. The third-order valence-electron chi connectivity index (χ3n) is 5.24. The van der Waals surface area contributed by atoms with Crippen LogP contribution in [-0.4, -0.2) is 48.6 Å². The predicted octanol–water partition coefficient (Wildman–Crippen LogP) is 4.04. The summed E-state index contributed by atoms with van der Waals surface area (Å²) in [6.07, 6.45) is 2.33. The molecule has 3 fully saturated rings. The van der Waals surface area contributed by atoms with E-state index in [4.69, 9.17) is 4.74 Å². The highest BCUT2D eigenvalue weighted by Gasteiger charge is 2.36. The lowest BCUT2D eigenvalue weighted by molar-refractivity contribution is 0.152. The normalized spacial score (nSPS) is 22.7. The fourth-order valence-corrected chi connectivity index (χ4v) is 3.99. The Kier molecular flexibility index (Phi) is 4.80. The Bertz CT molecular complexity index is 748. The van der Waals surface area contributed by atoms with E-state index in [1.165, 1.54) is 6.42 Å². The van der Waals surface area contributed by atoms with Crippen molar-refractivity contribution in [3.8, 4) is 11.5 Å². The van der Waals surface area contributed by atoms with Gasteiger partial charge in [-0.3, -0.25) is 0 Å². The molecule has 0 radical (unpaired) electrons. The number of para-hydroxylation sites is 1. The largest absolute Gasteiger partial charge is 0.457 e. The number of anilines is 1. The van der Waals surface area contributed by atoms with Gasteiger partial charge >= 0.3 is 6.03 Å². The van der Waals surface area contributed by atoms with E-state index in [1.807, 2.05) is 59.5 Å². The maximum atomic E-state index is 12.8. The second-order valence-corrected chi connectivity index (χ2v) is 7.34. The number of likely N-dealkylation sites (N-methyl/N-ethyl adjacent to an activating group) is 1. The van der Waals surface area contributed by atoms with Gasteiger partial charge in [0.1, 0.15) is 11.5 Å². The van der Waals surface area contributed by atoms with Crippen molar-refractivity contribution < 1.29 is 9.53 Å². The first kappa shape index (κ1) is 16.9. The molecule has 2 aromatic rings. The summed E-state index contributed by atoms with van der Waals surface area (Å²) >= 11 is 0. The second kappa shape index (κ2) is 7.38. The SMILES string of the molecule is CN1C[C@@H]2CC[C@H](C1)N(C(=O)Nc1ccc(Oc3ccccc3)cc1)C2. The number of fused-ring (bicyclic) bond motifs is 4. The average molecular weight is 351 g/mol. The molecular weight excluding hydrogens is 326 g/mol. The van der Waals surface area contributed by atoms with Gasteiger partial charge in [0.25, 0.3) is 0 Å². The Morgan fingerprint density at radius 3 is 2.46 bits per heavy atom. The van der Waals surface area contributed by atoms with Crippen molar-refractivity contribution >= 4 is 11.7 Å². The lowest BCUT2D eigenvalue weighted by Crippen LogP contribution is -2.49. The molecule has 2 atom stereocenters. The van der Waals surface area contributed by atoms with Crippen LogP contribution < -0.4 is 10.1 Å². The zero-order valence-corrected chi connectivity index (χ0v) is 15.1. The zero-order valence-electron chi connectivity index (χ0n) is 15.1. The minimum atomic E-state index is 0.00623. The van der Waals surface area contributed by atoms with Crippen molar-refractivity contribution in [1.82, 2.24) is 9.80 Å². The number of benzene rings is 2. The van der Waals surface area contributed by atoms with Crippen molar-refractivity contribution in [2.24, 2.45) is 5.92 Å². The molecule has 26 heavy (non-hydrogen) atoms. The first-order valence-electron chi connectivity index (χ1n) is 9.26. The molecule has 5 heteroatoms. The summed E-state index contributed by atoms with van der Waals surface area (Å²) in [5.74, 6) is 2.14. The first-order valence-corrected chi connectivity index (χ1v) is 9.26. The van der Waals surface area contributed by atoms with Gasteiger partial charge in [0.05, 0.1) is 0 Å². The summed E-state index contributed by atoms with van der Waals surface area (Å²) in [4.78, 5) is 17.1. The number of carbonyl (C=O) groups excluding carboxylic acids is 1. The molecule has 0 aliphatic carbocycles. The Balaban J connectivity index is 1.39. The molecule has 3 heterocycles. The predicted molar refractivity (Wildman–Crippen MR) is 103 cm³/mol. The summed E-state index contributed by atoms with van der Waals surface area (Å²) < 4.78 is 5.79. The number of nitrogens with zero attached hydrogens (tertiary/aromatic N) is 2. The topological polar surface area (TPSA) is 44.8 Å². The van der Waals surface area contributed by atoms with E-state index < -0.39 is 0 Å². The summed E-state index contributed by atoms with van der Waals surface area (Å²) in [5, 5.41) is 3.04. The van der Waals surface area contributed by atoms with E-state index in [1.54, 1.807) is 0 Å². The van der Waals surface area contributed by atoms with Crippen molar-refractivity contribution in [2.45, 2.75) is 18.9 Å². The molecule has 0 saturated carbocycles. The van der Waals surface area contributed by atoms with Gasteiger partial charge < -0.3 is 19.9 Å². The maximum Gasteiger partial charge on any atom is 0.322 e. The smallest absolute Gasteiger partial charge is 0.322 e. The summed E-state index contributed by atoms with van der Waals surface area (Å²) in [6, 6.07) is 17.5. The fourth-order valence-electron chi connectivity index (χ4n) is 3.99. The minimum Gasteiger partial charge on any atom is -0.457 e.